The molecule has 14 heavy (non-hydrogen) atoms. The van der Waals surface area contributed by atoms with E-state index < -0.39 is 0 Å². The molecule has 2 heterocycles. The fourth-order valence-corrected chi connectivity index (χ4v) is 2.15. The summed E-state index contributed by atoms with van der Waals surface area (Å²) in [6.45, 7) is 1.64. The number of ether oxygens (including phenoxy) is 1. The third-order valence-corrected chi connectivity index (χ3v) is 3.11. The van der Waals surface area contributed by atoms with E-state index in [0.717, 1.165) is 31.3 Å². The second kappa shape index (κ2) is 4.91. The monoisotopic (exact) mass is 233 g/mol. The maximum atomic E-state index is 5.79. The summed E-state index contributed by atoms with van der Waals surface area (Å²) in [5.74, 6) is 0.672. The van der Waals surface area contributed by atoms with Crippen molar-refractivity contribution in [1.29, 1.82) is 0 Å². The highest BCUT2D eigenvalue weighted by Crippen LogP contribution is 2.19. The first kappa shape index (κ1) is 10.1. The molecule has 0 radical (unpaired) electrons. The fraction of sp³-hybridized carbons (Fsp3) is 0.750. The number of nitrogens with zero attached hydrogens (tertiary/aromatic N) is 2. The van der Waals surface area contributed by atoms with E-state index in [2.05, 4.69) is 14.1 Å². The molecule has 1 N–H and O–H groups in total. The highest BCUT2D eigenvalue weighted by Gasteiger charge is 2.14. The van der Waals surface area contributed by atoms with Crippen molar-refractivity contribution >= 4 is 29.1 Å². The van der Waals surface area contributed by atoms with Crippen molar-refractivity contribution < 1.29 is 4.74 Å². The number of halogens is 1. The Morgan fingerprint density at radius 1 is 1.50 bits per heavy atom. The van der Waals surface area contributed by atoms with Crippen LogP contribution in [0.2, 0.25) is 5.15 Å². The van der Waals surface area contributed by atoms with Crippen molar-refractivity contribution in [1.82, 2.24) is 8.75 Å². The largest absolute Gasteiger partial charge is 0.376 e. The molecule has 6 heteroatoms. The summed E-state index contributed by atoms with van der Waals surface area (Å²) < 4.78 is 13.5. The molecule has 78 valence electrons. The van der Waals surface area contributed by atoms with Gasteiger partial charge in [-0.3, -0.25) is 0 Å². The molecule has 1 unspecified atom stereocenters. The second-order valence-electron chi connectivity index (χ2n) is 3.27. The fourth-order valence-electron chi connectivity index (χ4n) is 1.46. The van der Waals surface area contributed by atoms with Gasteiger partial charge < -0.3 is 10.1 Å². The van der Waals surface area contributed by atoms with Crippen LogP contribution in [0.5, 0.6) is 0 Å². The number of hydrogen-bond acceptors (Lipinski definition) is 5. The zero-order chi connectivity index (χ0) is 9.80. The van der Waals surface area contributed by atoms with E-state index in [4.69, 9.17) is 16.3 Å². The Bertz CT molecular complexity index is 288. The molecule has 4 nitrogen and oxygen atoms in total. The Labute approximate surface area is 91.9 Å². The maximum absolute atomic E-state index is 5.79. The van der Waals surface area contributed by atoms with Gasteiger partial charge >= 0.3 is 0 Å². The summed E-state index contributed by atoms with van der Waals surface area (Å²) in [5.41, 5.74) is 0. The summed E-state index contributed by atoms with van der Waals surface area (Å²) in [5, 5.41) is 3.59. The van der Waals surface area contributed by atoms with E-state index in [0.29, 0.717) is 17.1 Å². The van der Waals surface area contributed by atoms with Crippen LogP contribution < -0.4 is 5.32 Å². The van der Waals surface area contributed by atoms with E-state index in [1.165, 1.54) is 12.8 Å². The summed E-state index contributed by atoms with van der Waals surface area (Å²) in [6, 6.07) is 0. The molecule has 1 fully saturated rings. The van der Waals surface area contributed by atoms with Crippen LogP contribution in [-0.4, -0.2) is 28.0 Å². The quantitative estimate of drug-likeness (QED) is 0.869. The van der Waals surface area contributed by atoms with Crippen LogP contribution in [0.25, 0.3) is 0 Å². The van der Waals surface area contributed by atoms with Crippen molar-refractivity contribution in [2.75, 3.05) is 18.5 Å². The van der Waals surface area contributed by atoms with Crippen LogP contribution in [0.15, 0.2) is 0 Å². The molecule has 0 aliphatic carbocycles. The van der Waals surface area contributed by atoms with E-state index >= 15 is 0 Å². The zero-order valence-corrected chi connectivity index (χ0v) is 9.27. The number of aromatic nitrogens is 2. The van der Waals surface area contributed by atoms with Gasteiger partial charge in [0.05, 0.1) is 17.8 Å². The van der Waals surface area contributed by atoms with Crippen molar-refractivity contribution in [2.45, 2.75) is 25.4 Å². The van der Waals surface area contributed by atoms with Crippen molar-refractivity contribution in [3.05, 3.63) is 5.15 Å². The smallest absolute Gasteiger partial charge is 0.186 e. The number of nitrogens with one attached hydrogen (secondary N) is 1. The highest BCUT2D eigenvalue weighted by atomic mass is 35.5. The standard InChI is InChI=1S/C8H12ClN3OS/c9-7-8(12-14-11-7)10-5-6-3-1-2-4-13-6/h6H,1-5H2,(H,10,12). The normalized spacial score (nSPS) is 22.2. The molecular weight excluding hydrogens is 222 g/mol. The molecule has 1 aliphatic rings. The molecule has 1 atom stereocenters. The summed E-state index contributed by atoms with van der Waals surface area (Å²) in [6.07, 6.45) is 3.83. The highest BCUT2D eigenvalue weighted by molar-refractivity contribution is 6.99. The van der Waals surface area contributed by atoms with Gasteiger partial charge in [0, 0.05) is 13.2 Å². The lowest BCUT2D eigenvalue weighted by molar-refractivity contribution is 0.0247. The van der Waals surface area contributed by atoms with Gasteiger partial charge in [0.2, 0.25) is 0 Å². The molecule has 0 spiro atoms. The van der Waals surface area contributed by atoms with E-state index in [9.17, 15) is 0 Å². The molecule has 0 saturated carbocycles. The number of rotatable bonds is 3. The lowest BCUT2D eigenvalue weighted by atomic mass is 10.1. The van der Waals surface area contributed by atoms with E-state index in [1.54, 1.807) is 0 Å². The summed E-state index contributed by atoms with van der Waals surface area (Å²) in [4.78, 5) is 0. The van der Waals surface area contributed by atoms with E-state index in [-0.39, 0.29) is 0 Å². The van der Waals surface area contributed by atoms with Crippen LogP contribution in [0.3, 0.4) is 0 Å². The van der Waals surface area contributed by atoms with Crippen LogP contribution in [-0.2, 0) is 4.74 Å². The average molecular weight is 234 g/mol. The average Bonchev–Trinajstić information content (AvgIpc) is 2.63. The third kappa shape index (κ3) is 2.56. The Morgan fingerprint density at radius 3 is 3.07 bits per heavy atom. The molecule has 1 aromatic heterocycles. The molecule has 1 saturated heterocycles. The lowest BCUT2D eigenvalue weighted by Gasteiger charge is -2.22. The van der Waals surface area contributed by atoms with Gasteiger partial charge in [-0.1, -0.05) is 11.6 Å². The predicted molar refractivity (Wildman–Crippen MR) is 57.0 cm³/mol. The third-order valence-electron chi connectivity index (χ3n) is 2.22. The minimum Gasteiger partial charge on any atom is -0.376 e. The number of anilines is 1. The Hall–Kier alpha value is -0.390. The minimum atomic E-state index is 0.293. The Balaban J connectivity index is 1.79. The second-order valence-corrected chi connectivity index (χ2v) is 4.16. The first-order chi connectivity index (χ1) is 6.86. The predicted octanol–water partition coefficient (Wildman–Crippen LogP) is 2.17. The van der Waals surface area contributed by atoms with Gasteiger partial charge in [-0.25, -0.2) is 0 Å². The molecule has 0 amide bonds. The molecule has 0 bridgehead atoms. The van der Waals surface area contributed by atoms with Crippen molar-refractivity contribution in [3.63, 3.8) is 0 Å². The topological polar surface area (TPSA) is 47.0 Å². The van der Waals surface area contributed by atoms with Crippen LogP contribution >= 0.6 is 23.3 Å². The molecule has 1 aromatic rings. The van der Waals surface area contributed by atoms with Gasteiger partial charge in [0.15, 0.2) is 11.0 Å². The van der Waals surface area contributed by atoms with Gasteiger partial charge in [0.1, 0.15) is 0 Å². The first-order valence-electron chi connectivity index (χ1n) is 4.70. The molecule has 0 aromatic carbocycles. The van der Waals surface area contributed by atoms with Crippen molar-refractivity contribution in [2.24, 2.45) is 0 Å². The Morgan fingerprint density at radius 2 is 2.43 bits per heavy atom. The zero-order valence-electron chi connectivity index (χ0n) is 7.70. The van der Waals surface area contributed by atoms with Gasteiger partial charge in [-0.05, 0) is 19.3 Å². The first-order valence-corrected chi connectivity index (χ1v) is 5.80. The van der Waals surface area contributed by atoms with Crippen LogP contribution in [0, 0.1) is 0 Å². The maximum Gasteiger partial charge on any atom is 0.186 e. The molecule has 2 rings (SSSR count). The Kier molecular flexibility index (Phi) is 3.55. The molecular formula is C8H12ClN3OS. The van der Waals surface area contributed by atoms with Gasteiger partial charge in [-0.15, -0.1) is 0 Å². The SMILES string of the molecule is Clc1nsnc1NCC1CCCCO1. The van der Waals surface area contributed by atoms with E-state index in [1.807, 2.05) is 0 Å². The number of hydrogen-bond donors (Lipinski definition) is 1. The summed E-state index contributed by atoms with van der Waals surface area (Å²) in [7, 11) is 0. The van der Waals surface area contributed by atoms with Gasteiger partial charge in [-0.2, -0.15) is 8.75 Å². The van der Waals surface area contributed by atoms with Crippen LogP contribution in [0.1, 0.15) is 19.3 Å². The molecule has 1 aliphatic heterocycles. The van der Waals surface area contributed by atoms with Crippen molar-refractivity contribution in [3.8, 4) is 0 Å². The minimum absolute atomic E-state index is 0.293. The lowest BCUT2D eigenvalue weighted by Crippen LogP contribution is -2.27. The summed E-state index contributed by atoms with van der Waals surface area (Å²) >= 11 is 6.91. The van der Waals surface area contributed by atoms with Crippen LogP contribution in [0.4, 0.5) is 5.82 Å². The van der Waals surface area contributed by atoms with Gasteiger partial charge in [0.25, 0.3) is 0 Å².